The van der Waals surface area contributed by atoms with Gasteiger partial charge in [0.2, 0.25) is 0 Å². The van der Waals surface area contributed by atoms with Crippen LogP contribution in [0.5, 0.6) is 0 Å². The molecule has 3 aromatic rings. The van der Waals surface area contributed by atoms with Crippen LogP contribution in [0.2, 0.25) is 0 Å². The number of hydrogen-bond acceptors (Lipinski definition) is 6. The fourth-order valence-corrected chi connectivity index (χ4v) is 3.12. The van der Waals surface area contributed by atoms with Gasteiger partial charge in [0.05, 0.1) is 29.5 Å². The monoisotopic (exact) mass is 413 g/mol. The van der Waals surface area contributed by atoms with Gasteiger partial charge in [-0.3, -0.25) is 0 Å². The normalized spacial score (nSPS) is 12.9. The van der Waals surface area contributed by atoms with E-state index in [1.54, 1.807) is 12.3 Å². The zero-order valence-corrected chi connectivity index (χ0v) is 15.7. The van der Waals surface area contributed by atoms with Gasteiger partial charge in [0, 0.05) is 24.2 Å². The van der Waals surface area contributed by atoms with E-state index in [1.807, 2.05) is 23.4 Å². The number of nitrogens with zero attached hydrogens (tertiary/aromatic N) is 4. The molecule has 0 spiro atoms. The molecule has 0 saturated heterocycles. The SMILES string of the molecule is CN1CNc2cc(-c3cccc(C(F)(F)F)c3)cnc21.ClCc1csnn1. The van der Waals surface area contributed by atoms with Gasteiger partial charge in [-0.15, -0.1) is 16.7 Å². The summed E-state index contributed by atoms with van der Waals surface area (Å²) in [6, 6.07) is 7.09. The third kappa shape index (κ3) is 4.67. The Kier molecular flexibility index (Phi) is 5.81. The van der Waals surface area contributed by atoms with E-state index in [2.05, 4.69) is 19.9 Å². The second-order valence-corrected chi connectivity index (χ2v) is 6.61. The molecule has 0 unspecified atom stereocenters. The van der Waals surface area contributed by atoms with Gasteiger partial charge in [-0.25, -0.2) is 4.98 Å². The maximum absolute atomic E-state index is 12.7. The highest BCUT2D eigenvalue weighted by Gasteiger charge is 2.30. The first-order valence-corrected chi connectivity index (χ1v) is 9.20. The molecule has 2 aromatic heterocycles. The number of pyridine rings is 1. The highest BCUT2D eigenvalue weighted by atomic mass is 35.5. The van der Waals surface area contributed by atoms with E-state index in [0.717, 1.165) is 29.3 Å². The molecule has 0 saturated carbocycles. The van der Waals surface area contributed by atoms with Crippen LogP contribution in [0.15, 0.2) is 41.9 Å². The molecular weight excluding hydrogens is 399 g/mol. The molecule has 1 aromatic carbocycles. The van der Waals surface area contributed by atoms with E-state index in [1.165, 1.54) is 17.6 Å². The van der Waals surface area contributed by atoms with E-state index in [9.17, 15) is 13.2 Å². The van der Waals surface area contributed by atoms with Gasteiger partial charge >= 0.3 is 6.18 Å². The molecule has 4 rings (SSSR count). The number of halogens is 4. The smallest absolute Gasteiger partial charge is 0.365 e. The van der Waals surface area contributed by atoms with Crippen molar-refractivity contribution in [3.8, 4) is 11.1 Å². The van der Waals surface area contributed by atoms with Gasteiger partial charge in [0.1, 0.15) is 0 Å². The minimum atomic E-state index is -4.33. The van der Waals surface area contributed by atoms with Crippen molar-refractivity contribution in [2.24, 2.45) is 0 Å². The van der Waals surface area contributed by atoms with Crippen molar-refractivity contribution < 1.29 is 13.2 Å². The predicted molar refractivity (Wildman–Crippen MR) is 101 cm³/mol. The van der Waals surface area contributed by atoms with Crippen molar-refractivity contribution in [2.45, 2.75) is 12.1 Å². The molecule has 1 aliphatic heterocycles. The zero-order valence-electron chi connectivity index (χ0n) is 14.2. The quantitative estimate of drug-likeness (QED) is 0.608. The van der Waals surface area contributed by atoms with Gasteiger partial charge in [-0.05, 0) is 35.3 Å². The summed E-state index contributed by atoms with van der Waals surface area (Å²) in [6.45, 7) is 0.647. The molecule has 0 aliphatic carbocycles. The second kappa shape index (κ2) is 8.10. The van der Waals surface area contributed by atoms with Crippen LogP contribution >= 0.6 is 23.1 Å². The Morgan fingerprint density at radius 1 is 1.26 bits per heavy atom. The van der Waals surface area contributed by atoms with Crippen molar-refractivity contribution >= 4 is 34.6 Å². The van der Waals surface area contributed by atoms with Crippen molar-refractivity contribution in [1.29, 1.82) is 0 Å². The van der Waals surface area contributed by atoms with Crippen molar-refractivity contribution in [3.05, 3.63) is 53.2 Å². The van der Waals surface area contributed by atoms with Crippen molar-refractivity contribution in [3.63, 3.8) is 0 Å². The van der Waals surface area contributed by atoms with Gasteiger partial charge in [-0.2, -0.15) is 13.2 Å². The summed E-state index contributed by atoms with van der Waals surface area (Å²) < 4.78 is 41.8. The summed E-state index contributed by atoms with van der Waals surface area (Å²) in [6.07, 6.45) is -2.74. The molecule has 0 fully saturated rings. The van der Waals surface area contributed by atoms with Crippen molar-refractivity contribution in [2.75, 3.05) is 23.9 Å². The molecule has 0 bridgehead atoms. The third-order valence-electron chi connectivity index (χ3n) is 3.80. The number of aromatic nitrogens is 3. The molecule has 1 N–H and O–H groups in total. The largest absolute Gasteiger partial charge is 0.416 e. The molecule has 0 radical (unpaired) electrons. The average molecular weight is 414 g/mol. The van der Waals surface area contributed by atoms with E-state index in [-0.39, 0.29) is 0 Å². The van der Waals surface area contributed by atoms with Crippen LogP contribution in [0.1, 0.15) is 11.3 Å². The molecule has 0 atom stereocenters. The van der Waals surface area contributed by atoms with Crippen LogP contribution in [0.25, 0.3) is 11.1 Å². The first-order valence-electron chi connectivity index (χ1n) is 7.83. The summed E-state index contributed by atoms with van der Waals surface area (Å²) in [5, 5.41) is 8.64. The van der Waals surface area contributed by atoms with Crippen LogP contribution in [-0.4, -0.2) is 28.3 Å². The number of hydrogen-bond donors (Lipinski definition) is 1. The minimum absolute atomic E-state index is 0.469. The third-order valence-corrected chi connectivity index (χ3v) is 4.63. The average Bonchev–Trinajstić information content (AvgIpc) is 3.31. The standard InChI is InChI=1S/C14H12F3N3.C3H3ClN2S/c1-20-8-19-12-6-10(7-18-13(12)20)9-3-2-4-11(5-9)14(15,16)17;4-1-3-2-7-6-5-3/h2-7,19H,8H2,1H3;2H,1H2. The van der Waals surface area contributed by atoms with Crippen LogP contribution < -0.4 is 10.2 Å². The van der Waals surface area contributed by atoms with Gasteiger partial charge in [0.15, 0.2) is 5.82 Å². The summed E-state index contributed by atoms with van der Waals surface area (Å²) in [4.78, 5) is 6.23. The van der Waals surface area contributed by atoms with Crippen LogP contribution in [0, 0.1) is 0 Å². The Morgan fingerprint density at radius 3 is 2.70 bits per heavy atom. The fraction of sp³-hybridized carbons (Fsp3) is 0.235. The van der Waals surface area contributed by atoms with E-state index in [0.29, 0.717) is 23.7 Å². The molecule has 3 heterocycles. The lowest BCUT2D eigenvalue weighted by Crippen LogP contribution is -2.16. The van der Waals surface area contributed by atoms with Gasteiger partial charge in [-0.1, -0.05) is 16.6 Å². The first-order chi connectivity index (χ1) is 12.9. The molecule has 10 heteroatoms. The molecule has 0 amide bonds. The highest BCUT2D eigenvalue weighted by Crippen LogP contribution is 2.35. The molecule has 5 nitrogen and oxygen atoms in total. The lowest BCUT2D eigenvalue weighted by Gasteiger charge is -2.10. The molecule has 1 aliphatic rings. The van der Waals surface area contributed by atoms with Crippen LogP contribution in [-0.2, 0) is 12.1 Å². The molecule has 142 valence electrons. The van der Waals surface area contributed by atoms with E-state index in [4.69, 9.17) is 11.6 Å². The minimum Gasteiger partial charge on any atom is -0.365 e. The number of rotatable bonds is 2. The summed E-state index contributed by atoms with van der Waals surface area (Å²) >= 11 is 6.69. The lowest BCUT2D eigenvalue weighted by molar-refractivity contribution is -0.137. The summed E-state index contributed by atoms with van der Waals surface area (Å²) in [7, 11) is 1.90. The first kappa shape index (κ1) is 19.4. The van der Waals surface area contributed by atoms with Crippen LogP contribution in [0.4, 0.5) is 24.7 Å². The zero-order chi connectivity index (χ0) is 19.4. The Morgan fingerprint density at radius 2 is 2.07 bits per heavy atom. The Labute approximate surface area is 163 Å². The van der Waals surface area contributed by atoms with Gasteiger partial charge < -0.3 is 10.2 Å². The number of anilines is 2. The molecular formula is C17H15ClF3N5S. The number of fused-ring (bicyclic) bond motifs is 1. The Bertz CT molecular complexity index is 902. The lowest BCUT2D eigenvalue weighted by atomic mass is 10.0. The fourth-order valence-electron chi connectivity index (χ4n) is 2.45. The number of alkyl halides is 4. The highest BCUT2D eigenvalue weighted by molar-refractivity contribution is 7.03. The maximum atomic E-state index is 12.7. The molecule has 27 heavy (non-hydrogen) atoms. The van der Waals surface area contributed by atoms with Gasteiger partial charge in [0.25, 0.3) is 0 Å². The number of benzene rings is 1. The maximum Gasteiger partial charge on any atom is 0.416 e. The van der Waals surface area contributed by atoms with Crippen LogP contribution in [0.3, 0.4) is 0 Å². The Hall–Kier alpha value is -2.39. The second-order valence-electron chi connectivity index (χ2n) is 5.74. The van der Waals surface area contributed by atoms with E-state index < -0.39 is 11.7 Å². The van der Waals surface area contributed by atoms with E-state index >= 15 is 0 Å². The van der Waals surface area contributed by atoms with Crippen molar-refractivity contribution in [1.82, 2.24) is 14.6 Å². The predicted octanol–water partition coefficient (Wildman–Crippen LogP) is 4.86. The summed E-state index contributed by atoms with van der Waals surface area (Å²) in [5.41, 5.74) is 2.21. The topological polar surface area (TPSA) is 53.9 Å². The number of nitrogens with one attached hydrogen (secondary N) is 1. The Balaban J connectivity index is 0.000000253. The summed E-state index contributed by atoms with van der Waals surface area (Å²) in [5.74, 6) is 1.27.